The van der Waals surface area contributed by atoms with Crippen molar-refractivity contribution in [2.24, 2.45) is 0 Å². The van der Waals surface area contributed by atoms with Gasteiger partial charge in [-0.2, -0.15) is 5.10 Å². The second-order valence-electron chi connectivity index (χ2n) is 4.87. The second kappa shape index (κ2) is 6.17. The van der Waals surface area contributed by atoms with E-state index in [2.05, 4.69) is 42.2 Å². The van der Waals surface area contributed by atoms with Gasteiger partial charge in [-0.25, -0.2) is 9.67 Å². The van der Waals surface area contributed by atoms with Crippen LogP contribution < -0.4 is 5.32 Å². The summed E-state index contributed by atoms with van der Waals surface area (Å²) in [5.41, 5.74) is 1.17. The van der Waals surface area contributed by atoms with Crippen molar-refractivity contribution in [1.82, 2.24) is 20.1 Å². The molecule has 0 fully saturated rings. The van der Waals surface area contributed by atoms with Gasteiger partial charge >= 0.3 is 0 Å². The number of benzene rings is 1. The Labute approximate surface area is 118 Å². The second-order valence-corrected chi connectivity index (χ2v) is 5.31. The molecular formula is C14H19ClN4. The highest BCUT2D eigenvalue weighted by molar-refractivity contribution is 6.30. The molecule has 5 heteroatoms. The van der Waals surface area contributed by atoms with Crippen molar-refractivity contribution in [2.45, 2.75) is 39.4 Å². The molecule has 0 spiro atoms. The van der Waals surface area contributed by atoms with Crippen molar-refractivity contribution >= 4 is 11.6 Å². The van der Waals surface area contributed by atoms with Crippen molar-refractivity contribution in [1.29, 1.82) is 0 Å². The maximum absolute atomic E-state index is 6.00. The van der Waals surface area contributed by atoms with Gasteiger partial charge in [-0.15, -0.1) is 0 Å². The van der Waals surface area contributed by atoms with E-state index in [4.69, 9.17) is 11.6 Å². The van der Waals surface area contributed by atoms with Gasteiger partial charge in [0.1, 0.15) is 12.2 Å². The van der Waals surface area contributed by atoms with E-state index >= 15 is 0 Å². The Kier molecular flexibility index (Phi) is 4.56. The van der Waals surface area contributed by atoms with Crippen LogP contribution in [0.5, 0.6) is 0 Å². The molecule has 4 nitrogen and oxygen atoms in total. The molecule has 0 aliphatic heterocycles. The summed E-state index contributed by atoms with van der Waals surface area (Å²) in [4.78, 5) is 4.28. The highest BCUT2D eigenvalue weighted by Crippen LogP contribution is 2.17. The van der Waals surface area contributed by atoms with Crippen LogP contribution >= 0.6 is 11.6 Å². The summed E-state index contributed by atoms with van der Waals surface area (Å²) in [6.07, 6.45) is 1.60. The molecule has 0 saturated heterocycles. The van der Waals surface area contributed by atoms with Crippen LogP contribution in [0.4, 0.5) is 0 Å². The molecule has 0 radical (unpaired) electrons. The smallest absolute Gasteiger partial charge is 0.141 e. The summed E-state index contributed by atoms with van der Waals surface area (Å²) in [5, 5.41) is 8.43. The molecular weight excluding hydrogens is 260 g/mol. The van der Waals surface area contributed by atoms with Crippen LogP contribution in [0.3, 0.4) is 0 Å². The van der Waals surface area contributed by atoms with Gasteiger partial charge in [-0.1, -0.05) is 23.7 Å². The molecule has 0 amide bonds. The van der Waals surface area contributed by atoms with Crippen LogP contribution in [-0.2, 0) is 6.54 Å². The van der Waals surface area contributed by atoms with E-state index in [9.17, 15) is 0 Å². The van der Waals surface area contributed by atoms with Crippen molar-refractivity contribution in [3.63, 3.8) is 0 Å². The maximum atomic E-state index is 6.00. The Hall–Kier alpha value is -1.39. The molecule has 1 aromatic carbocycles. The Morgan fingerprint density at radius 3 is 2.79 bits per heavy atom. The summed E-state index contributed by atoms with van der Waals surface area (Å²) in [6, 6.07) is 8.43. The largest absolute Gasteiger partial charge is 0.303 e. The SMILES string of the molecule is CC(C)n1ncnc1CN[C@H](C)c1cccc(Cl)c1. The molecule has 2 rings (SSSR count). The average Bonchev–Trinajstić information content (AvgIpc) is 2.84. The topological polar surface area (TPSA) is 42.7 Å². The van der Waals surface area contributed by atoms with Crippen LogP contribution in [0.2, 0.25) is 5.02 Å². The minimum absolute atomic E-state index is 0.219. The van der Waals surface area contributed by atoms with Crippen LogP contribution in [0.25, 0.3) is 0 Å². The van der Waals surface area contributed by atoms with E-state index in [1.807, 2.05) is 22.9 Å². The summed E-state index contributed by atoms with van der Waals surface area (Å²) in [5.74, 6) is 0.948. The highest BCUT2D eigenvalue weighted by Gasteiger charge is 2.10. The third kappa shape index (κ3) is 3.55. The van der Waals surface area contributed by atoms with Crippen molar-refractivity contribution < 1.29 is 0 Å². The lowest BCUT2D eigenvalue weighted by Gasteiger charge is -2.15. The number of halogens is 1. The van der Waals surface area contributed by atoms with Crippen molar-refractivity contribution in [3.05, 3.63) is 47.0 Å². The van der Waals surface area contributed by atoms with E-state index in [1.165, 1.54) is 5.56 Å². The molecule has 102 valence electrons. The number of rotatable bonds is 5. The molecule has 19 heavy (non-hydrogen) atoms. The molecule has 0 aliphatic rings. The summed E-state index contributed by atoms with van der Waals surface area (Å²) >= 11 is 6.00. The van der Waals surface area contributed by atoms with E-state index in [0.29, 0.717) is 12.6 Å². The Balaban J connectivity index is 2.00. The summed E-state index contributed by atoms with van der Waals surface area (Å²) in [7, 11) is 0. The van der Waals surface area contributed by atoms with Gasteiger partial charge in [-0.3, -0.25) is 0 Å². The van der Waals surface area contributed by atoms with Crippen LogP contribution in [0, 0.1) is 0 Å². The Bertz CT molecular complexity index is 536. The number of aromatic nitrogens is 3. The summed E-state index contributed by atoms with van der Waals surface area (Å²) < 4.78 is 1.93. The first-order valence-electron chi connectivity index (χ1n) is 6.45. The van der Waals surface area contributed by atoms with Gasteiger partial charge in [0.15, 0.2) is 0 Å². The molecule has 0 unspecified atom stereocenters. The predicted octanol–water partition coefficient (Wildman–Crippen LogP) is 3.36. The first-order chi connectivity index (χ1) is 9.08. The summed E-state index contributed by atoms with van der Waals surface area (Å²) in [6.45, 7) is 6.99. The van der Waals surface area contributed by atoms with Gasteiger partial charge in [0.2, 0.25) is 0 Å². The number of hydrogen-bond acceptors (Lipinski definition) is 3. The fraction of sp³-hybridized carbons (Fsp3) is 0.429. The van der Waals surface area contributed by atoms with E-state index in [0.717, 1.165) is 10.8 Å². The van der Waals surface area contributed by atoms with Crippen molar-refractivity contribution in [2.75, 3.05) is 0 Å². The fourth-order valence-corrected chi connectivity index (χ4v) is 2.17. The number of nitrogens with zero attached hydrogens (tertiary/aromatic N) is 3. The maximum Gasteiger partial charge on any atom is 0.141 e. The van der Waals surface area contributed by atoms with Crippen LogP contribution in [-0.4, -0.2) is 14.8 Å². The zero-order valence-electron chi connectivity index (χ0n) is 11.5. The van der Waals surface area contributed by atoms with Crippen LogP contribution in [0.1, 0.15) is 44.2 Å². The quantitative estimate of drug-likeness (QED) is 0.912. The molecule has 1 atom stereocenters. The third-order valence-electron chi connectivity index (χ3n) is 3.05. The molecule has 1 aromatic heterocycles. The minimum atomic E-state index is 0.219. The molecule has 0 aliphatic carbocycles. The van der Waals surface area contributed by atoms with E-state index in [1.54, 1.807) is 6.33 Å². The third-order valence-corrected chi connectivity index (χ3v) is 3.29. The van der Waals surface area contributed by atoms with Gasteiger partial charge in [0, 0.05) is 17.1 Å². The lowest BCUT2D eigenvalue weighted by molar-refractivity contribution is 0.473. The lowest BCUT2D eigenvalue weighted by Crippen LogP contribution is -2.21. The first kappa shape index (κ1) is 14.0. The molecule has 0 saturated carbocycles. The first-order valence-corrected chi connectivity index (χ1v) is 6.83. The monoisotopic (exact) mass is 278 g/mol. The van der Waals surface area contributed by atoms with Gasteiger partial charge in [-0.05, 0) is 38.5 Å². The normalized spacial score (nSPS) is 12.9. The highest BCUT2D eigenvalue weighted by atomic mass is 35.5. The lowest BCUT2D eigenvalue weighted by atomic mass is 10.1. The molecule has 2 aromatic rings. The Morgan fingerprint density at radius 1 is 1.32 bits per heavy atom. The average molecular weight is 279 g/mol. The van der Waals surface area contributed by atoms with Gasteiger partial charge < -0.3 is 5.32 Å². The minimum Gasteiger partial charge on any atom is -0.303 e. The standard InChI is InChI=1S/C14H19ClN4/c1-10(2)19-14(17-9-18-19)8-16-11(3)12-5-4-6-13(15)7-12/h4-7,9-11,16H,8H2,1-3H3/t11-/m1/s1. The zero-order valence-corrected chi connectivity index (χ0v) is 12.2. The van der Waals surface area contributed by atoms with E-state index in [-0.39, 0.29) is 6.04 Å². The van der Waals surface area contributed by atoms with Crippen molar-refractivity contribution in [3.8, 4) is 0 Å². The molecule has 0 bridgehead atoms. The van der Waals surface area contributed by atoms with Gasteiger partial charge in [0.05, 0.1) is 6.54 Å². The number of hydrogen-bond donors (Lipinski definition) is 1. The zero-order chi connectivity index (χ0) is 13.8. The molecule has 1 N–H and O–H groups in total. The fourth-order valence-electron chi connectivity index (χ4n) is 1.97. The van der Waals surface area contributed by atoms with E-state index < -0.39 is 0 Å². The number of nitrogens with one attached hydrogen (secondary N) is 1. The van der Waals surface area contributed by atoms with Gasteiger partial charge in [0.25, 0.3) is 0 Å². The Morgan fingerprint density at radius 2 is 2.11 bits per heavy atom. The van der Waals surface area contributed by atoms with Crippen LogP contribution in [0.15, 0.2) is 30.6 Å². The predicted molar refractivity (Wildman–Crippen MR) is 77.1 cm³/mol. The molecule has 1 heterocycles.